The topological polar surface area (TPSA) is 87.4 Å². The molecular weight excluding hydrogens is 846 g/mol. The van der Waals surface area contributed by atoms with Crippen molar-refractivity contribution in [2.24, 2.45) is 0 Å². The summed E-state index contributed by atoms with van der Waals surface area (Å²) in [6.45, 7) is 6.20. The van der Waals surface area contributed by atoms with Gasteiger partial charge < -0.3 is 5.73 Å². The molecule has 7 nitrogen and oxygen atoms in total. The maximum Gasteiger partial charge on any atom is 0.417 e. The largest absolute Gasteiger partial charge is 0.417 e. The van der Waals surface area contributed by atoms with Crippen LogP contribution in [0.5, 0.6) is 0 Å². The predicted octanol–water partition coefficient (Wildman–Crippen LogP) is 11.3. The highest BCUT2D eigenvalue weighted by Crippen LogP contribution is 2.41. The summed E-state index contributed by atoms with van der Waals surface area (Å²) in [5, 5.41) is 13.6. The Morgan fingerprint density at radius 3 is 1.37 bits per heavy atom. The lowest BCUT2D eigenvalue weighted by atomic mass is 10.2. The van der Waals surface area contributed by atoms with E-state index in [1.54, 1.807) is 6.20 Å². The van der Waals surface area contributed by atoms with Crippen LogP contribution in [-0.2, 0) is 18.5 Å². The Balaban J connectivity index is 0.000000213. The highest BCUT2D eigenvalue weighted by molar-refractivity contribution is 6.88. The second kappa shape index (κ2) is 16.0. The standard InChI is InChI=1S/C12H12Cl2F3N3Si.C9H4Cl2F3N3.C7H4Cl2F3N/c1-21(2,3)10-6-20(19-18-10)7-4-8(12(15,16)17)11(14)9(13)5-7;10-7-4-5(17-2-1-15-16-17)3-6(8(7)11)9(12,13)14;8-5-2-3(13)1-4(6(5)9)7(10,11)12/h4-6H,1-3H3;1-4H;1-2H,13H2. The van der Waals surface area contributed by atoms with Gasteiger partial charge in [0.15, 0.2) is 0 Å². The van der Waals surface area contributed by atoms with E-state index in [4.69, 9.17) is 75.3 Å². The first-order valence-corrected chi connectivity index (χ1v) is 19.2. The Hall–Kier alpha value is -2.93. The van der Waals surface area contributed by atoms with E-state index in [0.717, 1.165) is 28.2 Å². The Morgan fingerprint density at radius 2 is 1.00 bits per heavy atom. The van der Waals surface area contributed by atoms with Gasteiger partial charge in [-0.15, -0.1) is 10.2 Å². The van der Waals surface area contributed by atoms with Crippen molar-refractivity contribution < 1.29 is 39.5 Å². The van der Waals surface area contributed by atoms with Crippen molar-refractivity contribution in [2.45, 2.75) is 38.2 Å². The molecule has 2 N–H and O–H groups in total. The first-order chi connectivity index (χ1) is 23.2. The molecule has 23 heteroatoms. The van der Waals surface area contributed by atoms with Gasteiger partial charge in [-0.25, -0.2) is 9.36 Å². The first-order valence-electron chi connectivity index (χ1n) is 13.5. The molecule has 0 atom stereocenters. The average Bonchev–Trinajstić information content (AvgIpc) is 3.70. The molecule has 5 rings (SSSR count). The number of nitrogens with two attached hydrogens (primary N) is 1. The number of alkyl halides is 9. The minimum absolute atomic E-state index is 0.0678. The molecule has 5 aromatic rings. The number of nitrogens with zero attached hydrogens (tertiary/aromatic N) is 6. The molecule has 0 saturated carbocycles. The molecule has 276 valence electrons. The highest BCUT2D eigenvalue weighted by Gasteiger charge is 2.36. The Morgan fingerprint density at radius 1 is 0.588 bits per heavy atom. The molecule has 0 bridgehead atoms. The van der Waals surface area contributed by atoms with Gasteiger partial charge in [-0.1, -0.05) is 99.7 Å². The molecule has 0 aliphatic rings. The molecule has 2 aromatic heterocycles. The predicted molar refractivity (Wildman–Crippen MR) is 182 cm³/mol. The maximum absolute atomic E-state index is 12.9. The van der Waals surface area contributed by atoms with Gasteiger partial charge in [0.25, 0.3) is 0 Å². The van der Waals surface area contributed by atoms with Crippen LogP contribution < -0.4 is 11.1 Å². The van der Waals surface area contributed by atoms with E-state index in [2.05, 4.69) is 40.3 Å². The normalized spacial score (nSPS) is 12.2. The number of halogens is 15. The molecule has 0 fully saturated rings. The van der Waals surface area contributed by atoms with E-state index >= 15 is 0 Å². The molecule has 0 spiro atoms. The molecule has 51 heavy (non-hydrogen) atoms. The lowest BCUT2D eigenvalue weighted by molar-refractivity contribution is -0.138. The van der Waals surface area contributed by atoms with Crippen molar-refractivity contribution in [1.29, 1.82) is 0 Å². The second-order valence-corrected chi connectivity index (χ2v) is 18.4. The van der Waals surface area contributed by atoms with Crippen molar-refractivity contribution in [1.82, 2.24) is 30.0 Å². The number of rotatable bonds is 3. The van der Waals surface area contributed by atoms with E-state index in [1.807, 2.05) is 0 Å². The molecule has 0 aliphatic carbocycles. The minimum Gasteiger partial charge on any atom is -0.399 e. The van der Waals surface area contributed by atoms with Crippen molar-refractivity contribution in [3.05, 3.63) is 102 Å². The zero-order valence-electron chi connectivity index (χ0n) is 25.6. The smallest absolute Gasteiger partial charge is 0.399 e. The zero-order valence-corrected chi connectivity index (χ0v) is 31.2. The summed E-state index contributed by atoms with van der Waals surface area (Å²) in [6, 6.07) is 6.31. The number of aromatic nitrogens is 6. The molecule has 0 radical (unpaired) electrons. The van der Waals surface area contributed by atoms with Crippen molar-refractivity contribution in [2.75, 3.05) is 5.73 Å². The summed E-state index contributed by atoms with van der Waals surface area (Å²) in [7, 11) is -1.70. The Labute approximate surface area is 313 Å². The van der Waals surface area contributed by atoms with Gasteiger partial charge in [-0.2, -0.15) is 39.5 Å². The average molecular weight is 866 g/mol. The summed E-state index contributed by atoms with van der Waals surface area (Å²) in [4.78, 5) is 0. The van der Waals surface area contributed by atoms with E-state index in [-0.39, 0.29) is 32.1 Å². The van der Waals surface area contributed by atoms with Gasteiger partial charge in [-0.3, -0.25) is 0 Å². The molecule has 0 aliphatic heterocycles. The molecule has 2 heterocycles. The van der Waals surface area contributed by atoms with Gasteiger partial charge in [-0.05, 0) is 36.4 Å². The number of hydrogen-bond acceptors (Lipinski definition) is 5. The lowest BCUT2D eigenvalue weighted by Crippen LogP contribution is -2.38. The van der Waals surface area contributed by atoms with Crippen molar-refractivity contribution in [3.8, 4) is 11.4 Å². The number of benzene rings is 3. The van der Waals surface area contributed by atoms with Crippen LogP contribution in [0, 0.1) is 0 Å². The summed E-state index contributed by atoms with van der Waals surface area (Å²) >= 11 is 33.3. The summed E-state index contributed by atoms with van der Waals surface area (Å²) in [5.74, 6) is 0. The summed E-state index contributed by atoms with van der Waals surface area (Å²) < 4.78 is 116. The van der Waals surface area contributed by atoms with E-state index < -0.39 is 58.4 Å². The van der Waals surface area contributed by atoms with E-state index in [1.165, 1.54) is 35.3 Å². The highest BCUT2D eigenvalue weighted by atomic mass is 35.5. The van der Waals surface area contributed by atoms with Gasteiger partial charge >= 0.3 is 18.5 Å². The molecule has 3 aromatic carbocycles. The maximum atomic E-state index is 12.9. The molecule has 0 saturated heterocycles. The number of nitrogen functional groups attached to an aromatic ring is 1. The van der Waals surface area contributed by atoms with Gasteiger partial charge in [0.2, 0.25) is 0 Å². The molecule has 0 unspecified atom stereocenters. The third-order valence-electron chi connectivity index (χ3n) is 6.21. The van der Waals surface area contributed by atoms with Crippen LogP contribution in [0.4, 0.5) is 45.2 Å². The number of anilines is 1. The van der Waals surface area contributed by atoms with Crippen molar-refractivity contribution >= 4 is 88.7 Å². The van der Waals surface area contributed by atoms with Gasteiger partial charge in [0.1, 0.15) is 8.07 Å². The van der Waals surface area contributed by atoms with E-state index in [9.17, 15) is 39.5 Å². The van der Waals surface area contributed by atoms with Crippen LogP contribution in [0.3, 0.4) is 0 Å². The van der Waals surface area contributed by atoms with Crippen LogP contribution in [0.15, 0.2) is 55.0 Å². The Kier molecular flexibility index (Phi) is 13.3. The minimum atomic E-state index is -4.58. The summed E-state index contributed by atoms with van der Waals surface area (Å²) in [5.41, 5.74) is 2.43. The fraction of sp³-hybridized carbons (Fsp3) is 0.214. The van der Waals surface area contributed by atoms with Crippen LogP contribution >= 0.6 is 69.6 Å². The third-order valence-corrected chi connectivity index (χ3v) is 10.4. The second-order valence-electron chi connectivity index (χ2n) is 11.1. The molecular formula is C28H20Cl6F9N7Si. The SMILES string of the molecule is C[Si](C)(C)c1cn(-c2cc(Cl)c(Cl)c(C(F)(F)F)c2)nn1.FC(F)(F)c1cc(-n2ccnn2)cc(Cl)c1Cl.Nc1cc(Cl)c(Cl)c(C(F)(F)F)c1. The third kappa shape index (κ3) is 11.0. The molecule has 0 amide bonds. The monoisotopic (exact) mass is 863 g/mol. The fourth-order valence-electron chi connectivity index (χ4n) is 3.72. The Bertz CT molecular complexity index is 1990. The fourth-order valence-corrected chi connectivity index (χ4v) is 5.88. The first kappa shape index (κ1) is 42.5. The van der Waals surface area contributed by atoms with Gasteiger partial charge in [0.05, 0.1) is 75.9 Å². The van der Waals surface area contributed by atoms with Gasteiger partial charge in [0, 0.05) is 11.9 Å². The zero-order chi connectivity index (χ0) is 38.9. The van der Waals surface area contributed by atoms with Crippen molar-refractivity contribution in [3.63, 3.8) is 0 Å². The summed E-state index contributed by atoms with van der Waals surface area (Å²) in [6.07, 6.45) is -9.31. The van der Waals surface area contributed by atoms with Crippen LogP contribution in [0.25, 0.3) is 11.4 Å². The van der Waals surface area contributed by atoms with Crippen LogP contribution in [-0.4, -0.2) is 38.1 Å². The van der Waals surface area contributed by atoms with Crippen LogP contribution in [0.2, 0.25) is 49.8 Å². The van der Waals surface area contributed by atoms with E-state index in [0.29, 0.717) is 0 Å². The quantitative estimate of drug-likeness (QED) is 0.111. The lowest BCUT2D eigenvalue weighted by Gasteiger charge is -2.12. The van der Waals surface area contributed by atoms with Crippen LogP contribution in [0.1, 0.15) is 16.7 Å². The number of hydrogen-bond donors (Lipinski definition) is 1.